The Bertz CT molecular complexity index is 329. The fraction of sp³-hybridized carbons (Fsp3) is 0.556. The van der Waals surface area contributed by atoms with Gasteiger partial charge in [0.1, 0.15) is 0 Å². The van der Waals surface area contributed by atoms with E-state index in [2.05, 4.69) is 10.2 Å². The second-order valence-electron chi connectivity index (χ2n) is 3.43. The molecular formula is C9H12N2O3. The summed E-state index contributed by atoms with van der Waals surface area (Å²) in [5.41, 5.74) is 0.938. The minimum Gasteiger partial charge on any atom is -0.476 e. The number of carboxylic acids is 1. The van der Waals surface area contributed by atoms with Gasteiger partial charge < -0.3 is 9.84 Å². The van der Waals surface area contributed by atoms with Crippen molar-refractivity contribution in [3.63, 3.8) is 0 Å². The largest absolute Gasteiger partial charge is 0.476 e. The molecule has 14 heavy (non-hydrogen) atoms. The molecule has 1 atom stereocenters. The lowest BCUT2D eigenvalue weighted by molar-refractivity contribution is 0.0690. The van der Waals surface area contributed by atoms with Crippen LogP contribution in [0, 0.1) is 0 Å². The molecule has 0 aromatic carbocycles. The molecule has 76 valence electrons. The molecule has 1 aliphatic rings. The lowest BCUT2D eigenvalue weighted by Gasteiger charge is -2.20. The summed E-state index contributed by atoms with van der Waals surface area (Å²) in [6, 6.07) is 1.58. The normalized spacial score (nSPS) is 22.1. The van der Waals surface area contributed by atoms with Crippen molar-refractivity contribution in [1.82, 2.24) is 10.2 Å². The maximum atomic E-state index is 10.6. The standard InChI is InChI=1S/C9H12N2O3/c12-9(13)8-4-7(10-11-8)6-2-1-3-14-5-6/h4,6H,1-3,5H2,(H,10,11)(H,12,13). The van der Waals surface area contributed by atoms with Crippen LogP contribution in [0.2, 0.25) is 0 Å². The van der Waals surface area contributed by atoms with Crippen molar-refractivity contribution in [3.05, 3.63) is 17.5 Å². The van der Waals surface area contributed by atoms with Crippen LogP contribution in [0.3, 0.4) is 0 Å². The summed E-state index contributed by atoms with van der Waals surface area (Å²) < 4.78 is 5.31. The monoisotopic (exact) mass is 196 g/mol. The molecule has 2 heterocycles. The van der Waals surface area contributed by atoms with Crippen LogP contribution in [-0.2, 0) is 4.74 Å². The molecule has 5 nitrogen and oxygen atoms in total. The second-order valence-corrected chi connectivity index (χ2v) is 3.43. The van der Waals surface area contributed by atoms with E-state index >= 15 is 0 Å². The summed E-state index contributed by atoms with van der Waals surface area (Å²) in [6.45, 7) is 1.46. The Labute approximate surface area is 81.1 Å². The van der Waals surface area contributed by atoms with Gasteiger partial charge in [0.2, 0.25) is 0 Å². The zero-order valence-electron chi connectivity index (χ0n) is 7.69. The van der Waals surface area contributed by atoms with Gasteiger partial charge in [0, 0.05) is 18.2 Å². The number of aromatic nitrogens is 2. The highest BCUT2D eigenvalue weighted by molar-refractivity contribution is 5.85. The number of carboxylic acid groups (broad SMARTS) is 1. The summed E-state index contributed by atoms with van der Waals surface area (Å²) in [6.07, 6.45) is 2.05. The first-order valence-corrected chi connectivity index (χ1v) is 4.63. The first kappa shape index (κ1) is 9.21. The second kappa shape index (κ2) is 3.79. The Kier molecular flexibility index (Phi) is 2.49. The van der Waals surface area contributed by atoms with Gasteiger partial charge in [0.15, 0.2) is 5.69 Å². The average Bonchev–Trinajstić information content (AvgIpc) is 2.68. The number of nitrogens with one attached hydrogen (secondary N) is 1. The predicted molar refractivity (Wildman–Crippen MR) is 48.3 cm³/mol. The van der Waals surface area contributed by atoms with E-state index in [9.17, 15) is 4.79 Å². The van der Waals surface area contributed by atoms with Gasteiger partial charge in [-0.2, -0.15) is 5.10 Å². The van der Waals surface area contributed by atoms with Crippen molar-refractivity contribution in [1.29, 1.82) is 0 Å². The zero-order chi connectivity index (χ0) is 9.97. The number of hydrogen-bond donors (Lipinski definition) is 2. The molecule has 1 saturated heterocycles. The molecule has 2 N–H and O–H groups in total. The summed E-state index contributed by atoms with van der Waals surface area (Å²) >= 11 is 0. The van der Waals surface area contributed by atoms with E-state index in [0.717, 1.165) is 25.1 Å². The molecule has 1 aromatic rings. The third kappa shape index (κ3) is 1.77. The molecule has 0 aliphatic carbocycles. The zero-order valence-corrected chi connectivity index (χ0v) is 7.69. The summed E-state index contributed by atoms with van der Waals surface area (Å²) in [5.74, 6) is -0.728. The fourth-order valence-corrected chi connectivity index (χ4v) is 1.64. The lowest BCUT2D eigenvalue weighted by Crippen LogP contribution is -2.15. The van der Waals surface area contributed by atoms with Crippen LogP contribution in [0.25, 0.3) is 0 Å². The van der Waals surface area contributed by atoms with Crippen LogP contribution >= 0.6 is 0 Å². The number of rotatable bonds is 2. The van der Waals surface area contributed by atoms with Gasteiger partial charge in [0.25, 0.3) is 0 Å². The molecule has 1 aromatic heterocycles. The third-order valence-electron chi connectivity index (χ3n) is 2.42. The lowest BCUT2D eigenvalue weighted by atomic mass is 9.98. The van der Waals surface area contributed by atoms with Crippen molar-refractivity contribution in [2.75, 3.05) is 13.2 Å². The van der Waals surface area contributed by atoms with Gasteiger partial charge in [-0.15, -0.1) is 0 Å². The minimum absolute atomic E-state index is 0.0746. The number of ether oxygens (including phenoxy) is 1. The van der Waals surface area contributed by atoms with E-state index in [-0.39, 0.29) is 11.6 Å². The van der Waals surface area contributed by atoms with Crippen molar-refractivity contribution >= 4 is 5.97 Å². The summed E-state index contributed by atoms with van der Waals surface area (Å²) in [7, 11) is 0. The number of aromatic amines is 1. The Morgan fingerprint density at radius 3 is 3.14 bits per heavy atom. The van der Waals surface area contributed by atoms with Gasteiger partial charge in [-0.3, -0.25) is 5.10 Å². The molecule has 5 heteroatoms. The highest BCUT2D eigenvalue weighted by Gasteiger charge is 2.19. The Morgan fingerprint density at radius 2 is 2.57 bits per heavy atom. The van der Waals surface area contributed by atoms with Crippen LogP contribution in [0.1, 0.15) is 34.9 Å². The molecule has 0 bridgehead atoms. The molecule has 2 rings (SSSR count). The first-order valence-electron chi connectivity index (χ1n) is 4.63. The number of hydrogen-bond acceptors (Lipinski definition) is 3. The highest BCUT2D eigenvalue weighted by Crippen LogP contribution is 2.23. The third-order valence-corrected chi connectivity index (χ3v) is 2.42. The molecular weight excluding hydrogens is 184 g/mol. The quantitative estimate of drug-likeness (QED) is 0.740. The summed E-state index contributed by atoms with van der Waals surface area (Å²) in [4.78, 5) is 10.6. The van der Waals surface area contributed by atoms with Crippen LogP contribution in [0.15, 0.2) is 6.07 Å². The molecule has 0 radical (unpaired) electrons. The van der Waals surface area contributed by atoms with Gasteiger partial charge in [-0.25, -0.2) is 4.79 Å². The summed E-state index contributed by atoms with van der Waals surface area (Å²) in [5, 5.41) is 15.1. The van der Waals surface area contributed by atoms with Gasteiger partial charge in [-0.1, -0.05) is 0 Å². The minimum atomic E-state index is -0.996. The number of nitrogens with zero attached hydrogens (tertiary/aromatic N) is 1. The molecule has 1 aliphatic heterocycles. The van der Waals surface area contributed by atoms with Crippen molar-refractivity contribution < 1.29 is 14.6 Å². The number of H-pyrrole nitrogens is 1. The van der Waals surface area contributed by atoms with Gasteiger partial charge >= 0.3 is 5.97 Å². The van der Waals surface area contributed by atoms with Crippen molar-refractivity contribution in [2.45, 2.75) is 18.8 Å². The van der Waals surface area contributed by atoms with E-state index < -0.39 is 5.97 Å². The van der Waals surface area contributed by atoms with E-state index in [4.69, 9.17) is 9.84 Å². The topological polar surface area (TPSA) is 75.2 Å². The predicted octanol–water partition coefficient (Wildman–Crippen LogP) is 1.00. The van der Waals surface area contributed by atoms with Crippen molar-refractivity contribution in [2.24, 2.45) is 0 Å². The number of aromatic carboxylic acids is 1. The van der Waals surface area contributed by atoms with Crippen molar-refractivity contribution in [3.8, 4) is 0 Å². The molecule has 0 amide bonds. The van der Waals surface area contributed by atoms with E-state index in [1.807, 2.05) is 0 Å². The van der Waals surface area contributed by atoms with E-state index in [1.165, 1.54) is 0 Å². The average molecular weight is 196 g/mol. The smallest absolute Gasteiger partial charge is 0.356 e. The van der Waals surface area contributed by atoms with Crippen LogP contribution < -0.4 is 0 Å². The Balaban J connectivity index is 2.11. The van der Waals surface area contributed by atoms with Gasteiger partial charge in [-0.05, 0) is 18.9 Å². The van der Waals surface area contributed by atoms with E-state index in [1.54, 1.807) is 6.07 Å². The Morgan fingerprint density at radius 1 is 1.71 bits per heavy atom. The molecule has 0 spiro atoms. The van der Waals surface area contributed by atoms with Crippen LogP contribution in [-0.4, -0.2) is 34.5 Å². The SMILES string of the molecule is O=C(O)c1cc(C2CCCOC2)[nH]n1. The highest BCUT2D eigenvalue weighted by atomic mass is 16.5. The maximum absolute atomic E-state index is 10.6. The van der Waals surface area contributed by atoms with Crippen LogP contribution in [0.4, 0.5) is 0 Å². The van der Waals surface area contributed by atoms with E-state index in [0.29, 0.717) is 6.61 Å². The van der Waals surface area contributed by atoms with Gasteiger partial charge in [0.05, 0.1) is 6.61 Å². The molecule has 1 fully saturated rings. The number of carbonyl (C=O) groups is 1. The fourth-order valence-electron chi connectivity index (χ4n) is 1.64. The Hall–Kier alpha value is -1.36. The van der Waals surface area contributed by atoms with Crippen LogP contribution in [0.5, 0.6) is 0 Å². The molecule has 0 saturated carbocycles. The molecule has 1 unspecified atom stereocenters. The maximum Gasteiger partial charge on any atom is 0.356 e. The first-order chi connectivity index (χ1) is 6.77.